The van der Waals surface area contributed by atoms with Gasteiger partial charge in [-0.2, -0.15) is 0 Å². The van der Waals surface area contributed by atoms with Gasteiger partial charge in [0.2, 0.25) is 0 Å². The van der Waals surface area contributed by atoms with Gasteiger partial charge in [0, 0.05) is 0 Å². The fourth-order valence-electron chi connectivity index (χ4n) is 1.89. The lowest BCUT2D eigenvalue weighted by atomic mass is 9.94. The molecule has 5 heteroatoms. The van der Waals surface area contributed by atoms with E-state index in [1.54, 1.807) is 12.1 Å². The lowest BCUT2D eigenvalue weighted by molar-refractivity contribution is 0.0907. The topological polar surface area (TPSA) is 80.0 Å². The fourth-order valence-corrected chi connectivity index (χ4v) is 1.89. The molecule has 5 nitrogen and oxygen atoms in total. The van der Waals surface area contributed by atoms with Crippen molar-refractivity contribution in [2.24, 2.45) is 5.84 Å². The van der Waals surface area contributed by atoms with Crippen LogP contribution in [0.5, 0.6) is 0 Å². The van der Waals surface area contributed by atoms with E-state index in [0.29, 0.717) is 11.4 Å². The minimum absolute atomic E-state index is 0.220. The summed E-state index contributed by atoms with van der Waals surface area (Å²) in [6, 6.07) is 13.1. The second-order valence-electron chi connectivity index (χ2n) is 5.02. The van der Waals surface area contributed by atoms with Gasteiger partial charge in [-0.1, -0.05) is 30.3 Å². The summed E-state index contributed by atoms with van der Waals surface area (Å²) in [5, 5.41) is 2.97. The summed E-state index contributed by atoms with van der Waals surface area (Å²) in [6.07, 6.45) is 1.52. The van der Waals surface area contributed by atoms with Gasteiger partial charge in [-0.15, -0.1) is 0 Å². The van der Waals surface area contributed by atoms with Gasteiger partial charge in [-0.3, -0.25) is 10.6 Å². The standard InChI is InChI=1S/C15H18N4O/c1-15(2,11-6-4-3-5-7-11)18-14(20)13-9-8-12(19-16)10-17-13/h3-10,19H,16H2,1-2H3,(H,18,20). The third-order valence-corrected chi connectivity index (χ3v) is 3.08. The summed E-state index contributed by atoms with van der Waals surface area (Å²) < 4.78 is 0. The zero-order valence-electron chi connectivity index (χ0n) is 11.6. The Hall–Kier alpha value is -2.40. The molecular weight excluding hydrogens is 252 g/mol. The molecule has 0 fully saturated rings. The first kappa shape index (κ1) is 14.0. The number of carbonyl (C=O) groups excluding carboxylic acids is 1. The van der Waals surface area contributed by atoms with Crippen LogP contribution in [0.1, 0.15) is 29.9 Å². The molecule has 2 rings (SSSR count). The van der Waals surface area contributed by atoms with Crippen molar-refractivity contribution in [1.29, 1.82) is 0 Å². The molecule has 0 bridgehead atoms. The molecule has 0 radical (unpaired) electrons. The van der Waals surface area contributed by atoms with Crippen molar-refractivity contribution in [3.63, 3.8) is 0 Å². The van der Waals surface area contributed by atoms with E-state index in [0.717, 1.165) is 5.56 Å². The number of hydrazine groups is 1. The van der Waals surface area contributed by atoms with Crippen molar-refractivity contribution in [3.8, 4) is 0 Å². The van der Waals surface area contributed by atoms with E-state index in [-0.39, 0.29) is 5.91 Å². The number of nitrogen functional groups attached to an aromatic ring is 1. The lowest BCUT2D eigenvalue weighted by Crippen LogP contribution is -2.41. The Morgan fingerprint density at radius 2 is 1.85 bits per heavy atom. The number of hydrogen-bond donors (Lipinski definition) is 3. The quantitative estimate of drug-likeness (QED) is 0.586. The van der Waals surface area contributed by atoms with E-state index < -0.39 is 5.54 Å². The summed E-state index contributed by atoms with van der Waals surface area (Å²) in [4.78, 5) is 16.3. The molecule has 0 saturated heterocycles. The summed E-state index contributed by atoms with van der Waals surface area (Å²) in [5.74, 6) is 5.04. The SMILES string of the molecule is CC(C)(NC(=O)c1ccc(NN)cn1)c1ccccc1. The van der Waals surface area contributed by atoms with Gasteiger partial charge in [-0.05, 0) is 31.5 Å². The highest BCUT2D eigenvalue weighted by atomic mass is 16.2. The average Bonchev–Trinajstić information content (AvgIpc) is 2.48. The molecule has 1 aromatic heterocycles. The number of benzene rings is 1. The van der Waals surface area contributed by atoms with Gasteiger partial charge in [0.05, 0.1) is 17.4 Å². The highest BCUT2D eigenvalue weighted by Crippen LogP contribution is 2.20. The molecule has 0 aliphatic rings. The Kier molecular flexibility index (Phi) is 4.00. The van der Waals surface area contributed by atoms with E-state index in [2.05, 4.69) is 15.7 Å². The number of nitrogens with one attached hydrogen (secondary N) is 2. The van der Waals surface area contributed by atoms with E-state index in [9.17, 15) is 4.79 Å². The van der Waals surface area contributed by atoms with Crippen molar-refractivity contribution >= 4 is 11.6 Å². The van der Waals surface area contributed by atoms with Crippen LogP contribution in [-0.2, 0) is 5.54 Å². The van der Waals surface area contributed by atoms with Gasteiger partial charge >= 0.3 is 0 Å². The highest BCUT2D eigenvalue weighted by molar-refractivity contribution is 5.93. The van der Waals surface area contributed by atoms with Crippen LogP contribution in [0.3, 0.4) is 0 Å². The van der Waals surface area contributed by atoms with Crippen molar-refractivity contribution in [1.82, 2.24) is 10.3 Å². The Morgan fingerprint density at radius 3 is 2.40 bits per heavy atom. The molecule has 1 heterocycles. The van der Waals surface area contributed by atoms with Gasteiger partial charge in [-0.25, -0.2) is 4.98 Å². The number of anilines is 1. The smallest absolute Gasteiger partial charge is 0.270 e. The Bertz CT molecular complexity index is 579. The van der Waals surface area contributed by atoms with Crippen LogP contribution < -0.4 is 16.6 Å². The Morgan fingerprint density at radius 1 is 1.15 bits per heavy atom. The molecule has 0 saturated carbocycles. The number of aromatic nitrogens is 1. The molecule has 4 N–H and O–H groups in total. The number of rotatable bonds is 4. The Balaban J connectivity index is 2.14. The molecule has 0 unspecified atom stereocenters. The monoisotopic (exact) mass is 270 g/mol. The van der Waals surface area contributed by atoms with Gasteiger partial charge in [0.15, 0.2) is 0 Å². The van der Waals surface area contributed by atoms with Crippen molar-refractivity contribution in [2.45, 2.75) is 19.4 Å². The van der Waals surface area contributed by atoms with Crippen LogP contribution in [0.4, 0.5) is 5.69 Å². The normalized spacial score (nSPS) is 10.9. The number of hydrogen-bond acceptors (Lipinski definition) is 4. The minimum Gasteiger partial charge on any atom is -0.342 e. The second kappa shape index (κ2) is 5.71. The third-order valence-electron chi connectivity index (χ3n) is 3.08. The van der Waals surface area contributed by atoms with Crippen molar-refractivity contribution in [3.05, 3.63) is 59.9 Å². The lowest BCUT2D eigenvalue weighted by Gasteiger charge is -2.26. The zero-order valence-corrected chi connectivity index (χ0v) is 11.6. The van der Waals surface area contributed by atoms with Crippen LogP contribution >= 0.6 is 0 Å². The maximum absolute atomic E-state index is 12.2. The summed E-state index contributed by atoms with van der Waals surface area (Å²) in [6.45, 7) is 3.91. The number of amides is 1. The first-order chi connectivity index (χ1) is 9.53. The van der Waals surface area contributed by atoms with Crippen LogP contribution in [0, 0.1) is 0 Å². The molecule has 0 atom stereocenters. The molecule has 1 aromatic carbocycles. The van der Waals surface area contributed by atoms with Crippen LogP contribution in [0.15, 0.2) is 48.7 Å². The maximum Gasteiger partial charge on any atom is 0.270 e. The predicted molar refractivity (Wildman–Crippen MR) is 79.0 cm³/mol. The maximum atomic E-state index is 12.2. The first-order valence-corrected chi connectivity index (χ1v) is 6.33. The van der Waals surface area contributed by atoms with Crippen molar-refractivity contribution < 1.29 is 4.79 Å². The summed E-state index contributed by atoms with van der Waals surface area (Å²) >= 11 is 0. The van der Waals surface area contributed by atoms with E-state index in [1.807, 2.05) is 44.2 Å². The fraction of sp³-hybridized carbons (Fsp3) is 0.200. The van der Waals surface area contributed by atoms with E-state index in [1.165, 1.54) is 6.20 Å². The van der Waals surface area contributed by atoms with Crippen LogP contribution in [0.25, 0.3) is 0 Å². The molecule has 104 valence electrons. The average molecular weight is 270 g/mol. The van der Waals surface area contributed by atoms with E-state index in [4.69, 9.17) is 5.84 Å². The van der Waals surface area contributed by atoms with E-state index >= 15 is 0 Å². The minimum atomic E-state index is -0.467. The van der Waals surface area contributed by atoms with Gasteiger partial charge in [0.25, 0.3) is 5.91 Å². The molecule has 0 aliphatic heterocycles. The number of nitrogens with two attached hydrogens (primary N) is 1. The van der Waals surface area contributed by atoms with Gasteiger partial charge in [0.1, 0.15) is 5.69 Å². The zero-order chi connectivity index (χ0) is 14.6. The highest BCUT2D eigenvalue weighted by Gasteiger charge is 2.23. The number of pyridine rings is 1. The second-order valence-corrected chi connectivity index (χ2v) is 5.02. The summed E-state index contributed by atoms with van der Waals surface area (Å²) in [7, 11) is 0. The van der Waals surface area contributed by atoms with Crippen LogP contribution in [0.2, 0.25) is 0 Å². The molecular formula is C15H18N4O. The third kappa shape index (κ3) is 3.13. The Labute approximate surface area is 118 Å². The summed E-state index contributed by atoms with van der Waals surface area (Å²) in [5.41, 5.74) is 4.05. The predicted octanol–water partition coefficient (Wildman–Crippen LogP) is 2.03. The molecule has 0 spiro atoms. The molecule has 2 aromatic rings. The molecule has 20 heavy (non-hydrogen) atoms. The number of nitrogens with zero attached hydrogens (tertiary/aromatic N) is 1. The number of carbonyl (C=O) groups is 1. The molecule has 0 aliphatic carbocycles. The van der Waals surface area contributed by atoms with Crippen LogP contribution in [-0.4, -0.2) is 10.9 Å². The largest absolute Gasteiger partial charge is 0.342 e. The van der Waals surface area contributed by atoms with Gasteiger partial charge < -0.3 is 10.7 Å². The first-order valence-electron chi connectivity index (χ1n) is 6.33. The van der Waals surface area contributed by atoms with Crippen molar-refractivity contribution in [2.75, 3.05) is 5.43 Å². The molecule has 1 amide bonds.